The minimum absolute atomic E-state index is 0.138. The number of carbonyl (C=O) groups excluding carboxylic acids is 1. The number of rotatable bonds is 4. The molecule has 0 aromatic heterocycles. The Hall–Kier alpha value is -2.25. The number of nitrogens with zero attached hydrogens (tertiary/aromatic N) is 1. The molecule has 1 rings (SSSR count). The number of anilines is 1. The van der Waals surface area contributed by atoms with E-state index >= 15 is 0 Å². The summed E-state index contributed by atoms with van der Waals surface area (Å²) in [5.41, 5.74) is -0.651. The monoisotopic (exact) mass is 290 g/mol. The Kier molecular flexibility index (Phi) is 4.95. The number of urea groups is 1. The molecule has 0 fully saturated rings. The summed E-state index contributed by atoms with van der Waals surface area (Å²) in [5, 5.41) is 10.7. The second-order valence-electron chi connectivity index (χ2n) is 4.30. The Morgan fingerprint density at radius 1 is 1.35 bits per heavy atom. The van der Waals surface area contributed by atoms with E-state index < -0.39 is 41.1 Å². The third kappa shape index (κ3) is 3.87. The Labute approximate surface area is 113 Å². The first-order valence-corrected chi connectivity index (χ1v) is 5.61. The molecule has 0 aliphatic heterocycles. The Morgan fingerprint density at radius 2 is 1.95 bits per heavy atom. The van der Waals surface area contributed by atoms with Gasteiger partial charge in [0.05, 0.1) is 11.6 Å². The second kappa shape index (κ2) is 6.27. The van der Waals surface area contributed by atoms with E-state index in [4.69, 9.17) is 5.11 Å². The average Bonchev–Trinajstić information content (AvgIpc) is 2.34. The lowest BCUT2D eigenvalue weighted by Gasteiger charge is -2.20. The molecule has 1 unspecified atom stereocenters. The van der Waals surface area contributed by atoms with Gasteiger partial charge in [0.2, 0.25) is 0 Å². The van der Waals surface area contributed by atoms with Gasteiger partial charge >= 0.3 is 12.0 Å². The molecule has 0 aliphatic rings. The predicted octanol–water partition coefficient (Wildman–Crippen LogP) is 2.29. The molecule has 1 atom stereocenters. The summed E-state index contributed by atoms with van der Waals surface area (Å²) in [6, 6.07) is 0.105. The molecule has 0 radical (unpaired) electrons. The number of hydrogen-bond acceptors (Lipinski definition) is 2. The van der Waals surface area contributed by atoms with Gasteiger partial charge in [0.15, 0.2) is 11.6 Å². The van der Waals surface area contributed by atoms with Crippen LogP contribution >= 0.6 is 0 Å². The predicted molar refractivity (Wildman–Crippen MR) is 64.8 cm³/mol. The minimum atomic E-state index is -1.43. The number of nitrogens with one attached hydrogen (secondary N) is 1. The van der Waals surface area contributed by atoms with Gasteiger partial charge in [-0.15, -0.1) is 0 Å². The van der Waals surface area contributed by atoms with Crippen LogP contribution in [0.15, 0.2) is 12.1 Å². The van der Waals surface area contributed by atoms with Gasteiger partial charge in [-0.05, 0) is 0 Å². The highest BCUT2D eigenvalue weighted by atomic mass is 19.2. The molecule has 2 amide bonds. The summed E-state index contributed by atoms with van der Waals surface area (Å²) in [6.45, 7) is 1.25. The molecule has 8 heteroatoms. The molecule has 0 spiro atoms. The zero-order valence-corrected chi connectivity index (χ0v) is 10.8. The second-order valence-corrected chi connectivity index (χ2v) is 4.30. The first-order valence-electron chi connectivity index (χ1n) is 5.61. The van der Waals surface area contributed by atoms with E-state index in [2.05, 4.69) is 0 Å². The highest BCUT2D eigenvalue weighted by Gasteiger charge is 2.19. The molecular formula is C12H13F3N2O3. The van der Waals surface area contributed by atoms with Crippen LogP contribution in [0.5, 0.6) is 0 Å². The van der Waals surface area contributed by atoms with E-state index in [0.717, 1.165) is 4.90 Å². The fourth-order valence-corrected chi connectivity index (χ4v) is 1.43. The standard InChI is InChI=1S/C12H13F3N2O3/c1-6(11(18)19)5-17(2)12(20)16-9-4-7(13)3-8(14)10(9)15/h3-4,6H,5H2,1-2H3,(H,16,20)(H,18,19). The van der Waals surface area contributed by atoms with Gasteiger partial charge in [-0.3, -0.25) is 4.79 Å². The maximum absolute atomic E-state index is 13.3. The highest BCUT2D eigenvalue weighted by Crippen LogP contribution is 2.19. The van der Waals surface area contributed by atoms with Crippen molar-refractivity contribution < 1.29 is 27.9 Å². The number of carboxylic acids is 1. The molecule has 110 valence electrons. The average molecular weight is 290 g/mol. The maximum atomic E-state index is 13.3. The van der Waals surface area contributed by atoms with E-state index in [9.17, 15) is 22.8 Å². The van der Waals surface area contributed by atoms with Crippen molar-refractivity contribution in [1.82, 2.24) is 4.90 Å². The van der Waals surface area contributed by atoms with Gasteiger partial charge in [-0.1, -0.05) is 6.92 Å². The van der Waals surface area contributed by atoms with E-state index in [1.54, 1.807) is 0 Å². The molecule has 5 nitrogen and oxygen atoms in total. The lowest BCUT2D eigenvalue weighted by molar-refractivity contribution is -0.141. The number of carbonyl (C=O) groups is 2. The zero-order chi connectivity index (χ0) is 15.4. The number of aliphatic carboxylic acids is 1. The molecule has 0 aliphatic carbocycles. The normalized spacial score (nSPS) is 11.8. The fraction of sp³-hybridized carbons (Fsp3) is 0.333. The summed E-state index contributed by atoms with van der Waals surface area (Å²) < 4.78 is 39.2. The maximum Gasteiger partial charge on any atom is 0.321 e. The Bertz CT molecular complexity index is 537. The molecule has 0 bridgehead atoms. The van der Waals surface area contributed by atoms with Crippen LogP contribution in [0.2, 0.25) is 0 Å². The van der Waals surface area contributed by atoms with Crippen LogP contribution in [0, 0.1) is 23.4 Å². The van der Waals surface area contributed by atoms with E-state index in [-0.39, 0.29) is 6.54 Å². The van der Waals surface area contributed by atoms with Crippen molar-refractivity contribution >= 4 is 17.7 Å². The van der Waals surface area contributed by atoms with Gasteiger partial charge in [-0.25, -0.2) is 18.0 Å². The van der Waals surface area contributed by atoms with Gasteiger partial charge in [-0.2, -0.15) is 0 Å². The largest absolute Gasteiger partial charge is 0.481 e. The van der Waals surface area contributed by atoms with Crippen LogP contribution in [0.4, 0.5) is 23.7 Å². The minimum Gasteiger partial charge on any atom is -0.481 e. The number of benzene rings is 1. The third-order valence-corrected chi connectivity index (χ3v) is 2.55. The molecule has 1 aromatic carbocycles. The SMILES string of the molecule is CC(CN(C)C(=O)Nc1cc(F)cc(F)c1F)C(=O)O. The van der Waals surface area contributed by atoms with Gasteiger partial charge in [0.25, 0.3) is 0 Å². The van der Waals surface area contributed by atoms with Crippen LogP contribution < -0.4 is 5.32 Å². The summed E-state index contributed by atoms with van der Waals surface area (Å²) in [4.78, 5) is 23.3. The molecule has 0 saturated carbocycles. The number of halogens is 3. The quantitative estimate of drug-likeness (QED) is 0.836. The van der Waals surface area contributed by atoms with Crippen molar-refractivity contribution in [2.45, 2.75) is 6.92 Å². The number of carboxylic acid groups (broad SMARTS) is 1. The van der Waals surface area contributed by atoms with Crippen molar-refractivity contribution in [1.29, 1.82) is 0 Å². The van der Waals surface area contributed by atoms with E-state index in [1.165, 1.54) is 14.0 Å². The number of amides is 2. The van der Waals surface area contributed by atoms with Crippen LogP contribution in [-0.4, -0.2) is 35.6 Å². The molecule has 1 aromatic rings. The van der Waals surface area contributed by atoms with Gasteiger partial charge in [0.1, 0.15) is 5.82 Å². The van der Waals surface area contributed by atoms with Crippen LogP contribution in [0.25, 0.3) is 0 Å². The fourth-order valence-electron chi connectivity index (χ4n) is 1.43. The summed E-state index contributed by atoms with van der Waals surface area (Å²) in [7, 11) is 1.28. The zero-order valence-electron chi connectivity index (χ0n) is 10.8. The van der Waals surface area contributed by atoms with Crippen molar-refractivity contribution in [3.63, 3.8) is 0 Å². The first kappa shape index (κ1) is 15.8. The first-order chi connectivity index (χ1) is 9.22. The van der Waals surface area contributed by atoms with Crippen LogP contribution in [-0.2, 0) is 4.79 Å². The summed E-state index contributed by atoms with van der Waals surface area (Å²) >= 11 is 0. The molecule has 0 saturated heterocycles. The van der Waals surface area contributed by atoms with E-state index in [1.807, 2.05) is 5.32 Å². The topological polar surface area (TPSA) is 69.6 Å². The van der Waals surface area contributed by atoms with Crippen molar-refractivity contribution in [3.8, 4) is 0 Å². The third-order valence-electron chi connectivity index (χ3n) is 2.55. The lowest BCUT2D eigenvalue weighted by Crippen LogP contribution is -2.36. The van der Waals surface area contributed by atoms with Gasteiger partial charge in [0, 0.05) is 25.7 Å². The molecular weight excluding hydrogens is 277 g/mol. The van der Waals surface area contributed by atoms with Crippen LogP contribution in [0.1, 0.15) is 6.92 Å². The highest BCUT2D eigenvalue weighted by molar-refractivity contribution is 5.89. The lowest BCUT2D eigenvalue weighted by atomic mass is 10.2. The summed E-state index contributed by atoms with van der Waals surface area (Å²) in [6.07, 6.45) is 0. The van der Waals surface area contributed by atoms with Crippen molar-refractivity contribution in [2.24, 2.45) is 5.92 Å². The van der Waals surface area contributed by atoms with Crippen molar-refractivity contribution in [3.05, 3.63) is 29.6 Å². The van der Waals surface area contributed by atoms with Crippen LogP contribution in [0.3, 0.4) is 0 Å². The molecule has 0 heterocycles. The summed E-state index contributed by atoms with van der Waals surface area (Å²) in [5.74, 6) is -5.80. The Morgan fingerprint density at radius 3 is 2.50 bits per heavy atom. The molecule has 20 heavy (non-hydrogen) atoms. The van der Waals surface area contributed by atoms with Gasteiger partial charge < -0.3 is 15.3 Å². The number of hydrogen-bond donors (Lipinski definition) is 2. The van der Waals surface area contributed by atoms with E-state index in [0.29, 0.717) is 12.1 Å². The Balaban J connectivity index is 2.78. The molecule has 2 N–H and O–H groups in total. The smallest absolute Gasteiger partial charge is 0.321 e. The van der Waals surface area contributed by atoms with Crippen molar-refractivity contribution in [2.75, 3.05) is 18.9 Å².